The van der Waals surface area contributed by atoms with Crippen molar-refractivity contribution in [2.45, 2.75) is 44.9 Å². The molecule has 2 heterocycles. The van der Waals surface area contributed by atoms with Crippen molar-refractivity contribution in [3.05, 3.63) is 10.8 Å². The van der Waals surface area contributed by atoms with Crippen LogP contribution in [0.1, 0.15) is 49.4 Å². The standard InChI is InChI=1S/C12H17N5OS/c1-2-3-9(18)13-7-6-10-16-17-11(8-4-5-8)14-15-12(17)19-10/h8H,2-7H2,1H3,(H,13,18). The van der Waals surface area contributed by atoms with E-state index in [4.69, 9.17) is 0 Å². The maximum atomic E-state index is 11.4. The van der Waals surface area contributed by atoms with Crippen molar-refractivity contribution in [3.63, 3.8) is 0 Å². The molecule has 0 aliphatic heterocycles. The fourth-order valence-electron chi connectivity index (χ4n) is 1.99. The first-order valence-corrected chi connectivity index (χ1v) is 7.57. The fourth-order valence-corrected chi connectivity index (χ4v) is 2.83. The van der Waals surface area contributed by atoms with Crippen LogP contribution in [0.4, 0.5) is 0 Å². The van der Waals surface area contributed by atoms with Crippen molar-refractivity contribution in [3.8, 4) is 0 Å². The SMILES string of the molecule is CCCC(=O)NCCc1nn2c(C3CC3)nnc2s1. The number of hydrogen-bond acceptors (Lipinski definition) is 5. The van der Waals surface area contributed by atoms with E-state index in [0.717, 1.165) is 28.6 Å². The molecular formula is C12H17N5OS. The second kappa shape index (κ2) is 5.24. The van der Waals surface area contributed by atoms with Crippen molar-refractivity contribution in [1.29, 1.82) is 0 Å². The first-order chi connectivity index (χ1) is 9.28. The Morgan fingerprint density at radius 1 is 1.47 bits per heavy atom. The van der Waals surface area contributed by atoms with Gasteiger partial charge in [0.25, 0.3) is 0 Å². The minimum atomic E-state index is 0.115. The van der Waals surface area contributed by atoms with E-state index in [2.05, 4.69) is 20.6 Å². The second-order valence-electron chi connectivity index (χ2n) is 4.87. The molecule has 19 heavy (non-hydrogen) atoms. The Labute approximate surface area is 115 Å². The Balaban J connectivity index is 1.60. The number of carbonyl (C=O) groups is 1. The average molecular weight is 279 g/mol. The Hall–Kier alpha value is -1.50. The minimum Gasteiger partial charge on any atom is -0.356 e. The topological polar surface area (TPSA) is 72.2 Å². The summed E-state index contributed by atoms with van der Waals surface area (Å²) in [5.41, 5.74) is 0. The number of carbonyl (C=O) groups excluding carboxylic acids is 1. The molecule has 0 bridgehead atoms. The summed E-state index contributed by atoms with van der Waals surface area (Å²) in [7, 11) is 0. The summed E-state index contributed by atoms with van der Waals surface area (Å²) in [6.07, 6.45) is 4.62. The van der Waals surface area contributed by atoms with Crippen LogP contribution in [0.3, 0.4) is 0 Å². The molecule has 3 rings (SSSR count). The molecule has 0 atom stereocenters. The summed E-state index contributed by atoms with van der Waals surface area (Å²) in [4.78, 5) is 12.2. The zero-order valence-electron chi connectivity index (χ0n) is 10.9. The zero-order valence-corrected chi connectivity index (χ0v) is 11.7. The van der Waals surface area contributed by atoms with E-state index in [9.17, 15) is 4.79 Å². The van der Waals surface area contributed by atoms with Gasteiger partial charge in [-0.2, -0.15) is 9.61 Å². The predicted octanol–water partition coefficient (Wildman–Crippen LogP) is 1.52. The van der Waals surface area contributed by atoms with Gasteiger partial charge in [-0.25, -0.2) is 0 Å². The molecule has 102 valence electrons. The van der Waals surface area contributed by atoms with Gasteiger partial charge < -0.3 is 5.32 Å². The highest BCUT2D eigenvalue weighted by atomic mass is 32.1. The quantitative estimate of drug-likeness (QED) is 0.870. The van der Waals surface area contributed by atoms with Crippen LogP contribution >= 0.6 is 11.3 Å². The summed E-state index contributed by atoms with van der Waals surface area (Å²) >= 11 is 1.56. The number of nitrogens with one attached hydrogen (secondary N) is 1. The van der Waals surface area contributed by atoms with Crippen LogP contribution in [-0.2, 0) is 11.2 Å². The molecule has 1 aliphatic carbocycles. The van der Waals surface area contributed by atoms with Crippen LogP contribution in [0.15, 0.2) is 0 Å². The molecule has 0 aromatic carbocycles. The normalized spacial score (nSPS) is 15.0. The van der Waals surface area contributed by atoms with Crippen molar-refractivity contribution in [2.24, 2.45) is 0 Å². The van der Waals surface area contributed by atoms with E-state index in [1.807, 2.05) is 11.4 Å². The molecule has 1 aliphatic rings. The van der Waals surface area contributed by atoms with Crippen LogP contribution in [0.25, 0.3) is 4.96 Å². The molecule has 1 N–H and O–H groups in total. The molecule has 1 saturated carbocycles. The van der Waals surface area contributed by atoms with Gasteiger partial charge >= 0.3 is 0 Å². The van der Waals surface area contributed by atoms with Crippen LogP contribution < -0.4 is 5.32 Å². The van der Waals surface area contributed by atoms with Gasteiger partial charge in [-0.3, -0.25) is 4.79 Å². The molecule has 0 unspecified atom stereocenters. The summed E-state index contributed by atoms with van der Waals surface area (Å²) < 4.78 is 1.87. The lowest BCUT2D eigenvalue weighted by Gasteiger charge is -2.01. The van der Waals surface area contributed by atoms with Crippen molar-refractivity contribution in [2.75, 3.05) is 6.54 Å². The molecule has 0 radical (unpaired) electrons. The van der Waals surface area contributed by atoms with Gasteiger partial charge in [0.1, 0.15) is 5.01 Å². The summed E-state index contributed by atoms with van der Waals surface area (Å²) in [5, 5.41) is 16.8. The smallest absolute Gasteiger partial charge is 0.234 e. The van der Waals surface area contributed by atoms with Gasteiger partial charge in [-0.1, -0.05) is 18.3 Å². The van der Waals surface area contributed by atoms with E-state index in [0.29, 0.717) is 18.9 Å². The van der Waals surface area contributed by atoms with Gasteiger partial charge in [0.05, 0.1) is 0 Å². The van der Waals surface area contributed by atoms with Gasteiger partial charge in [0.2, 0.25) is 10.9 Å². The highest BCUT2D eigenvalue weighted by Gasteiger charge is 2.29. The second-order valence-corrected chi connectivity index (χ2v) is 5.91. The van der Waals surface area contributed by atoms with Crippen LogP contribution in [0.2, 0.25) is 0 Å². The third-order valence-electron chi connectivity index (χ3n) is 3.14. The zero-order chi connectivity index (χ0) is 13.2. The molecule has 0 spiro atoms. The average Bonchev–Trinajstić information content (AvgIpc) is 3.01. The highest BCUT2D eigenvalue weighted by molar-refractivity contribution is 7.16. The lowest BCUT2D eigenvalue weighted by molar-refractivity contribution is -0.121. The lowest BCUT2D eigenvalue weighted by Crippen LogP contribution is -2.25. The van der Waals surface area contributed by atoms with E-state index in [-0.39, 0.29) is 5.91 Å². The summed E-state index contributed by atoms with van der Waals surface area (Å²) in [5.74, 6) is 1.66. The van der Waals surface area contributed by atoms with Crippen molar-refractivity contribution >= 4 is 22.2 Å². The Morgan fingerprint density at radius 2 is 2.32 bits per heavy atom. The maximum Gasteiger partial charge on any atom is 0.234 e. The Kier molecular flexibility index (Phi) is 3.46. The molecule has 7 heteroatoms. The predicted molar refractivity (Wildman–Crippen MR) is 72.3 cm³/mol. The number of amides is 1. The lowest BCUT2D eigenvalue weighted by atomic mass is 10.3. The highest BCUT2D eigenvalue weighted by Crippen LogP contribution is 2.39. The molecule has 2 aromatic rings. The third kappa shape index (κ3) is 2.75. The van der Waals surface area contributed by atoms with Gasteiger partial charge in [-0.15, -0.1) is 10.2 Å². The maximum absolute atomic E-state index is 11.4. The van der Waals surface area contributed by atoms with Crippen LogP contribution in [0.5, 0.6) is 0 Å². The monoisotopic (exact) mass is 279 g/mol. The first kappa shape index (κ1) is 12.5. The minimum absolute atomic E-state index is 0.115. The van der Waals surface area contributed by atoms with E-state index >= 15 is 0 Å². The van der Waals surface area contributed by atoms with Crippen molar-refractivity contribution in [1.82, 2.24) is 25.1 Å². The fraction of sp³-hybridized carbons (Fsp3) is 0.667. The largest absolute Gasteiger partial charge is 0.356 e. The van der Waals surface area contributed by atoms with E-state index < -0.39 is 0 Å². The van der Waals surface area contributed by atoms with E-state index in [1.54, 1.807) is 11.3 Å². The molecule has 0 saturated heterocycles. The molecule has 2 aromatic heterocycles. The van der Waals surface area contributed by atoms with Crippen LogP contribution in [0, 0.1) is 0 Å². The number of nitrogens with zero attached hydrogens (tertiary/aromatic N) is 4. The number of hydrogen-bond donors (Lipinski definition) is 1. The molecular weight excluding hydrogens is 262 g/mol. The summed E-state index contributed by atoms with van der Waals surface area (Å²) in [6.45, 7) is 2.64. The van der Waals surface area contributed by atoms with Gasteiger partial charge in [-0.05, 0) is 19.3 Å². The van der Waals surface area contributed by atoms with Crippen LogP contribution in [-0.4, -0.2) is 32.3 Å². The molecule has 6 nitrogen and oxygen atoms in total. The van der Waals surface area contributed by atoms with E-state index in [1.165, 1.54) is 12.8 Å². The molecule has 1 amide bonds. The number of fused-ring (bicyclic) bond motifs is 1. The third-order valence-corrected chi connectivity index (χ3v) is 4.10. The Morgan fingerprint density at radius 3 is 3.05 bits per heavy atom. The first-order valence-electron chi connectivity index (χ1n) is 6.75. The van der Waals surface area contributed by atoms with Gasteiger partial charge in [0.15, 0.2) is 5.82 Å². The van der Waals surface area contributed by atoms with Crippen molar-refractivity contribution < 1.29 is 4.79 Å². The number of rotatable bonds is 6. The number of aromatic nitrogens is 4. The summed E-state index contributed by atoms with van der Waals surface area (Å²) in [6, 6.07) is 0. The molecule has 1 fully saturated rings. The Bertz CT molecular complexity index is 586. The van der Waals surface area contributed by atoms with Gasteiger partial charge in [0, 0.05) is 25.3 Å².